The molecule has 3 nitrogen and oxygen atoms in total. The summed E-state index contributed by atoms with van der Waals surface area (Å²) >= 11 is 0. The molecule has 35 heavy (non-hydrogen) atoms. The minimum atomic E-state index is 0.109. The Kier molecular flexibility index (Phi) is 8.98. The third kappa shape index (κ3) is 6.13. The van der Waals surface area contributed by atoms with Crippen LogP contribution in [0, 0.1) is 19.8 Å². The molecule has 2 unspecified atom stereocenters. The van der Waals surface area contributed by atoms with Crippen LogP contribution in [0.2, 0.25) is 0 Å². The van der Waals surface area contributed by atoms with E-state index < -0.39 is 0 Å². The lowest BCUT2D eigenvalue weighted by atomic mass is 9.83. The van der Waals surface area contributed by atoms with Gasteiger partial charge in [0.2, 0.25) is 0 Å². The van der Waals surface area contributed by atoms with Gasteiger partial charge >= 0.3 is 0 Å². The highest BCUT2D eigenvalue weighted by molar-refractivity contribution is 5.59. The second kappa shape index (κ2) is 12.4. The monoisotopic (exact) mass is 470 g/mol. The van der Waals surface area contributed by atoms with Crippen molar-refractivity contribution in [1.29, 1.82) is 0 Å². The minimum Gasteiger partial charge on any atom is -0.381 e. The summed E-state index contributed by atoms with van der Waals surface area (Å²) in [6.07, 6.45) is 12.5. The smallest absolute Gasteiger partial charge is 0.0549 e. The summed E-state index contributed by atoms with van der Waals surface area (Å²) in [5.41, 5.74) is 10.6. The molecule has 1 saturated carbocycles. The molecule has 0 aromatic heterocycles. The molecule has 1 N–H and O–H groups in total. The molecule has 2 aliphatic rings. The predicted octanol–water partition coefficient (Wildman–Crippen LogP) is 8.49. The summed E-state index contributed by atoms with van der Waals surface area (Å²) in [7, 11) is 0. The summed E-state index contributed by atoms with van der Waals surface area (Å²) in [4.78, 5) is 4.89. The minimum absolute atomic E-state index is 0.109. The van der Waals surface area contributed by atoms with Crippen LogP contribution >= 0.6 is 0 Å². The summed E-state index contributed by atoms with van der Waals surface area (Å²) < 4.78 is 5.86. The number of hydrogen-bond acceptors (Lipinski definition) is 3. The Morgan fingerprint density at radius 2 is 1.97 bits per heavy atom. The van der Waals surface area contributed by atoms with E-state index in [2.05, 4.69) is 74.6 Å². The van der Waals surface area contributed by atoms with E-state index in [4.69, 9.17) is 9.73 Å². The fraction of sp³-hybridized carbons (Fsp3) is 0.469. The normalized spacial score (nSPS) is 19.5. The largest absolute Gasteiger partial charge is 0.381 e. The molecule has 2 aromatic carbocycles. The van der Waals surface area contributed by atoms with Crippen molar-refractivity contribution >= 4 is 11.9 Å². The number of aliphatic imine (C=N–C) groups is 1. The molecule has 2 aromatic rings. The zero-order chi connectivity index (χ0) is 24.6. The van der Waals surface area contributed by atoms with Crippen molar-refractivity contribution in [2.45, 2.75) is 78.6 Å². The zero-order valence-electron chi connectivity index (χ0n) is 22.1. The number of nitrogens with zero attached hydrogens (tertiary/aromatic N) is 1. The Hall–Kier alpha value is -2.65. The van der Waals surface area contributed by atoms with Crippen LogP contribution in [0.3, 0.4) is 0 Å². The average molecular weight is 471 g/mol. The van der Waals surface area contributed by atoms with Gasteiger partial charge in [0.15, 0.2) is 0 Å². The molecule has 2 atom stereocenters. The molecular weight excluding hydrogens is 428 g/mol. The van der Waals surface area contributed by atoms with Crippen molar-refractivity contribution < 1.29 is 4.74 Å². The zero-order valence-corrected chi connectivity index (χ0v) is 22.1. The molecule has 0 radical (unpaired) electrons. The van der Waals surface area contributed by atoms with Crippen LogP contribution in [0.15, 0.2) is 70.5 Å². The van der Waals surface area contributed by atoms with E-state index in [1.54, 1.807) is 5.57 Å². The lowest BCUT2D eigenvalue weighted by molar-refractivity contribution is 0.0670. The molecule has 4 rings (SSSR count). The molecule has 2 fully saturated rings. The Balaban J connectivity index is 1.74. The highest BCUT2D eigenvalue weighted by Crippen LogP contribution is 2.39. The Morgan fingerprint density at radius 1 is 1.14 bits per heavy atom. The Labute approximate surface area is 212 Å². The first-order valence-corrected chi connectivity index (χ1v) is 13.5. The Morgan fingerprint density at radius 3 is 2.66 bits per heavy atom. The quantitative estimate of drug-likeness (QED) is 0.373. The van der Waals surface area contributed by atoms with Crippen molar-refractivity contribution in [2.24, 2.45) is 10.9 Å². The van der Waals surface area contributed by atoms with Gasteiger partial charge in [-0.15, -0.1) is 0 Å². The van der Waals surface area contributed by atoms with Gasteiger partial charge in [0.1, 0.15) is 0 Å². The van der Waals surface area contributed by atoms with E-state index in [1.165, 1.54) is 59.3 Å². The van der Waals surface area contributed by atoms with Crippen LogP contribution in [0.5, 0.6) is 0 Å². The SMILES string of the molecule is CC=N/C(=C\CCC)C(c1cccc(NC(=C2CCC2)C2CCCOC2)c1)c1cccc(C)c1C. The van der Waals surface area contributed by atoms with Crippen LogP contribution < -0.4 is 5.32 Å². The lowest BCUT2D eigenvalue weighted by Gasteiger charge is -2.31. The molecule has 0 spiro atoms. The van der Waals surface area contributed by atoms with Gasteiger partial charge in [0, 0.05) is 35.8 Å². The number of rotatable bonds is 9. The summed E-state index contributed by atoms with van der Waals surface area (Å²) in [5.74, 6) is 0.597. The standard InChI is InChI=1S/C32H42N2O/c1-5-7-19-30(33-6-2)31(29-18-8-12-23(3)24(29)4)26-15-10-17-28(21-26)34-32(25-13-9-14-25)27-16-11-20-35-22-27/h6,8,10,12,15,17-19,21,27,31,34H,5,7,9,11,13-14,16,20,22H2,1-4H3/b30-19-,33-6?. The third-order valence-corrected chi connectivity index (χ3v) is 7.58. The number of nitrogens with one attached hydrogen (secondary N) is 1. The van der Waals surface area contributed by atoms with Crippen molar-refractivity contribution in [2.75, 3.05) is 18.5 Å². The summed E-state index contributed by atoms with van der Waals surface area (Å²) in [6.45, 7) is 10.4. The maximum Gasteiger partial charge on any atom is 0.0549 e. The molecule has 1 aliphatic heterocycles. The van der Waals surface area contributed by atoms with Gasteiger partial charge in [-0.2, -0.15) is 0 Å². The van der Waals surface area contributed by atoms with E-state index in [-0.39, 0.29) is 5.92 Å². The molecule has 3 heteroatoms. The van der Waals surface area contributed by atoms with Crippen molar-refractivity contribution in [1.82, 2.24) is 0 Å². The second-order valence-electron chi connectivity index (χ2n) is 10.1. The van der Waals surface area contributed by atoms with Gasteiger partial charge < -0.3 is 10.1 Å². The summed E-state index contributed by atoms with van der Waals surface area (Å²) in [5, 5.41) is 3.88. The number of allylic oxidation sites excluding steroid dienone is 3. The lowest BCUT2D eigenvalue weighted by Crippen LogP contribution is -2.25. The first-order chi connectivity index (χ1) is 17.1. The van der Waals surface area contributed by atoms with E-state index in [0.717, 1.165) is 38.2 Å². The highest BCUT2D eigenvalue weighted by Gasteiger charge is 2.26. The number of hydrogen-bond donors (Lipinski definition) is 1. The molecule has 1 heterocycles. The van der Waals surface area contributed by atoms with Crippen molar-refractivity contribution in [3.63, 3.8) is 0 Å². The first kappa shape index (κ1) is 25.4. The first-order valence-electron chi connectivity index (χ1n) is 13.5. The number of ether oxygens (including phenoxy) is 1. The molecule has 1 aliphatic carbocycles. The topological polar surface area (TPSA) is 33.6 Å². The number of benzene rings is 2. The molecule has 1 saturated heterocycles. The van der Waals surface area contributed by atoms with Crippen LogP contribution in [0.25, 0.3) is 0 Å². The van der Waals surface area contributed by atoms with Crippen LogP contribution in [-0.4, -0.2) is 19.4 Å². The van der Waals surface area contributed by atoms with Crippen LogP contribution in [0.4, 0.5) is 5.69 Å². The molecule has 0 amide bonds. The van der Waals surface area contributed by atoms with Gasteiger partial charge in [0.05, 0.1) is 12.5 Å². The fourth-order valence-corrected chi connectivity index (χ4v) is 5.30. The van der Waals surface area contributed by atoms with E-state index >= 15 is 0 Å². The van der Waals surface area contributed by atoms with E-state index in [0.29, 0.717) is 5.92 Å². The maximum absolute atomic E-state index is 5.86. The molecule has 0 bridgehead atoms. The van der Waals surface area contributed by atoms with Gasteiger partial charge in [-0.25, -0.2) is 0 Å². The third-order valence-electron chi connectivity index (χ3n) is 7.58. The Bertz CT molecular complexity index is 1080. The maximum atomic E-state index is 5.86. The molecular formula is C32H42N2O. The predicted molar refractivity (Wildman–Crippen MR) is 149 cm³/mol. The number of aryl methyl sites for hydroxylation is 1. The highest BCUT2D eigenvalue weighted by atomic mass is 16.5. The van der Waals surface area contributed by atoms with Gasteiger partial charge in [-0.05, 0) is 93.7 Å². The van der Waals surface area contributed by atoms with E-state index in [1.807, 2.05) is 13.1 Å². The van der Waals surface area contributed by atoms with Crippen LogP contribution in [-0.2, 0) is 4.74 Å². The van der Waals surface area contributed by atoms with Crippen molar-refractivity contribution in [3.05, 3.63) is 87.8 Å². The van der Waals surface area contributed by atoms with E-state index in [9.17, 15) is 0 Å². The number of unbranched alkanes of at least 4 members (excludes halogenated alkanes) is 1. The van der Waals surface area contributed by atoms with Gasteiger partial charge in [-0.1, -0.05) is 55.3 Å². The summed E-state index contributed by atoms with van der Waals surface area (Å²) in [6, 6.07) is 15.7. The van der Waals surface area contributed by atoms with Gasteiger partial charge in [-0.3, -0.25) is 4.99 Å². The fourth-order valence-electron chi connectivity index (χ4n) is 5.30. The van der Waals surface area contributed by atoms with Gasteiger partial charge in [0.25, 0.3) is 0 Å². The number of anilines is 1. The average Bonchev–Trinajstić information content (AvgIpc) is 2.84. The van der Waals surface area contributed by atoms with Crippen LogP contribution in [0.1, 0.15) is 87.0 Å². The van der Waals surface area contributed by atoms with Crippen molar-refractivity contribution in [3.8, 4) is 0 Å². The second-order valence-corrected chi connectivity index (χ2v) is 10.1. The molecule has 186 valence electrons.